The van der Waals surface area contributed by atoms with E-state index in [0.717, 1.165) is 15.9 Å². The van der Waals surface area contributed by atoms with E-state index in [1.807, 2.05) is 31.2 Å². The minimum absolute atomic E-state index is 0.151. The number of carbonyl (C=O) groups is 2. The standard InChI is InChI=1S/C17H18BrN3O3/c1-11-15(9-19-21(11)14-6-4-13(18)5-7-14)16(22)20-8-2-3-12(10-20)17(23)24/h4-7,9,12H,2-3,8,10H2,1H3,(H,23,24)/t12-/m0/s1. The average molecular weight is 392 g/mol. The van der Waals surface area contributed by atoms with Gasteiger partial charge in [-0.2, -0.15) is 5.10 Å². The summed E-state index contributed by atoms with van der Waals surface area (Å²) in [5.74, 6) is -1.47. The van der Waals surface area contributed by atoms with E-state index in [4.69, 9.17) is 0 Å². The predicted molar refractivity (Wildman–Crippen MR) is 92.3 cm³/mol. The molecule has 1 aromatic carbocycles. The van der Waals surface area contributed by atoms with Crippen molar-refractivity contribution in [3.63, 3.8) is 0 Å². The van der Waals surface area contributed by atoms with Crippen molar-refractivity contribution in [3.05, 3.63) is 46.2 Å². The molecule has 0 bridgehead atoms. The number of hydrogen-bond donors (Lipinski definition) is 1. The number of nitrogens with zero attached hydrogens (tertiary/aromatic N) is 3. The molecule has 1 amide bonds. The average Bonchev–Trinajstić information content (AvgIpc) is 2.96. The van der Waals surface area contributed by atoms with Crippen LogP contribution >= 0.6 is 15.9 Å². The van der Waals surface area contributed by atoms with E-state index in [0.29, 0.717) is 24.9 Å². The molecule has 1 fully saturated rings. The van der Waals surface area contributed by atoms with Gasteiger partial charge in [0, 0.05) is 17.6 Å². The molecule has 0 saturated carbocycles. The molecule has 1 aliphatic rings. The minimum atomic E-state index is -0.838. The molecule has 7 heteroatoms. The van der Waals surface area contributed by atoms with Gasteiger partial charge in [-0.05, 0) is 44.0 Å². The number of aliphatic carboxylic acids is 1. The molecule has 1 atom stereocenters. The van der Waals surface area contributed by atoms with Gasteiger partial charge in [-0.15, -0.1) is 0 Å². The van der Waals surface area contributed by atoms with Crippen LogP contribution in [0, 0.1) is 12.8 Å². The molecule has 24 heavy (non-hydrogen) atoms. The van der Waals surface area contributed by atoms with Crippen LogP contribution in [0.2, 0.25) is 0 Å². The van der Waals surface area contributed by atoms with Gasteiger partial charge in [0.05, 0.1) is 29.1 Å². The maximum Gasteiger partial charge on any atom is 0.308 e. The zero-order valence-electron chi connectivity index (χ0n) is 13.3. The number of hydrogen-bond acceptors (Lipinski definition) is 3. The Balaban J connectivity index is 1.83. The molecule has 0 unspecified atom stereocenters. The Morgan fingerprint density at radius 2 is 2.00 bits per heavy atom. The molecular weight excluding hydrogens is 374 g/mol. The lowest BCUT2D eigenvalue weighted by Crippen LogP contribution is -2.42. The van der Waals surface area contributed by atoms with E-state index in [1.165, 1.54) is 0 Å². The van der Waals surface area contributed by atoms with Gasteiger partial charge >= 0.3 is 5.97 Å². The fraction of sp³-hybridized carbons (Fsp3) is 0.353. The summed E-state index contributed by atoms with van der Waals surface area (Å²) in [5, 5.41) is 13.5. The summed E-state index contributed by atoms with van der Waals surface area (Å²) >= 11 is 3.40. The highest BCUT2D eigenvalue weighted by Crippen LogP contribution is 2.22. The van der Waals surface area contributed by atoms with Gasteiger partial charge in [0.2, 0.25) is 0 Å². The van der Waals surface area contributed by atoms with Crippen LogP contribution in [0.3, 0.4) is 0 Å². The second-order valence-corrected chi connectivity index (χ2v) is 6.88. The number of benzene rings is 1. The Kier molecular flexibility index (Phi) is 4.71. The van der Waals surface area contributed by atoms with E-state index < -0.39 is 11.9 Å². The first kappa shape index (κ1) is 16.7. The van der Waals surface area contributed by atoms with Crippen molar-refractivity contribution >= 4 is 27.8 Å². The van der Waals surface area contributed by atoms with Crippen molar-refractivity contribution in [2.75, 3.05) is 13.1 Å². The number of carbonyl (C=O) groups excluding carboxylic acids is 1. The van der Waals surface area contributed by atoms with Crippen molar-refractivity contribution in [3.8, 4) is 5.69 Å². The first-order valence-corrected chi connectivity index (χ1v) is 8.59. The molecule has 0 spiro atoms. The molecular formula is C17H18BrN3O3. The highest BCUT2D eigenvalue weighted by molar-refractivity contribution is 9.10. The van der Waals surface area contributed by atoms with Crippen LogP contribution in [-0.2, 0) is 4.79 Å². The van der Waals surface area contributed by atoms with Crippen molar-refractivity contribution in [2.45, 2.75) is 19.8 Å². The van der Waals surface area contributed by atoms with E-state index in [-0.39, 0.29) is 12.5 Å². The van der Waals surface area contributed by atoms with Crippen molar-refractivity contribution in [2.24, 2.45) is 5.92 Å². The number of aromatic nitrogens is 2. The summed E-state index contributed by atoms with van der Waals surface area (Å²) < 4.78 is 2.69. The Bertz CT molecular complexity index is 770. The van der Waals surface area contributed by atoms with Crippen LogP contribution in [0.1, 0.15) is 28.9 Å². The topological polar surface area (TPSA) is 75.4 Å². The van der Waals surface area contributed by atoms with Gasteiger partial charge in [-0.25, -0.2) is 4.68 Å². The SMILES string of the molecule is Cc1c(C(=O)N2CCC[C@H](C(=O)O)C2)cnn1-c1ccc(Br)cc1. The number of amides is 1. The van der Waals surface area contributed by atoms with Crippen molar-refractivity contribution in [1.82, 2.24) is 14.7 Å². The van der Waals surface area contributed by atoms with Gasteiger partial charge in [-0.1, -0.05) is 15.9 Å². The van der Waals surface area contributed by atoms with Crippen LogP contribution in [0.25, 0.3) is 5.69 Å². The second-order valence-electron chi connectivity index (χ2n) is 5.96. The summed E-state index contributed by atoms with van der Waals surface area (Å²) in [6.07, 6.45) is 2.89. The van der Waals surface area contributed by atoms with Gasteiger partial charge in [0.25, 0.3) is 5.91 Å². The molecule has 1 aliphatic heterocycles. The highest BCUT2D eigenvalue weighted by atomic mass is 79.9. The molecule has 0 aliphatic carbocycles. The zero-order chi connectivity index (χ0) is 17.3. The predicted octanol–water partition coefficient (Wildman–Crippen LogP) is 2.88. The lowest BCUT2D eigenvalue weighted by molar-refractivity contribution is -0.143. The quantitative estimate of drug-likeness (QED) is 0.872. The first-order valence-electron chi connectivity index (χ1n) is 7.80. The van der Waals surface area contributed by atoms with Crippen LogP contribution in [0.4, 0.5) is 0 Å². The Morgan fingerprint density at radius 3 is 2.67 bits per heavy atom. The monoisotopic (exact) mass is 391 g/mol. The summed E-state index contributed by atoms with van der Waals surface area (Å²) in [5.41, 5.74) is 2.14. The molecule has 1 aromatic heterocycles. The lowest BCUT2D eigenvalue weighted by atomic mass is 9.98. The first-order chi connectivity index (χ1) is 11.5. The van der Waals surface area contributed by atoms with Gasteiger partial charge < -0.3 is 10.0 Å². The fourth-order valence-corrected chi connectivity index (χ4v) is 3.26. The number of rotatable bonds is 3. The van der Waals surface area contributed by atoms with Crippen LogP contribution in [0.15, 0.2) is 34.9 Å². The van der Waals surface area contributed by atoms with Gasteiger partial charge in [0.15, 0.2) is 0 Å². The highest BCUT2D eigenvalue weighted by Gasteiger charge is 2.30. The van der Waals surface area contributed by atoms with Crippen LogP contribution < -0.4 is 0 Å². The number of likely N-dealkylation sites (tertiary alicyclic amines) is 1. The summed E-state index contributed by atoms with van der Waals surface area (Å²) in [4.78, 5) is 25.6. The second kappa shape index (κ2) is 6.76. The van der Waals surface area contributed by atoms with Crippen LogP contribution in [-0.4, -0.2) is 44.8 Å². The van der Waals surface area contributed by atoms with Gasteiger partial charge in [-0.3, -0.25) is 9.59 Å². The third-order valence-electron chi connectivity index (χ3n) is 4.37. The third-order valence-corrected chi connectivity index (χ3v) is 4.90. The normalized spacial score (nSPS) is 17.8. The molecule has 1 N–H and O–H groups in total. The summed E-state index contributed by atoms with van der Waals surface area (Å²) in [6, 6.07) is 7.67. The number of piperidine rings is 1. The van der Waals surface area contributed by atoms with Crippen molar-refractivity contribution in [1.29, 1.82) is 0 Å². The smallest absolute Gasteiger partial charge is 0.308 e. The summed E-state index contributed by atoms with van der Waals surface area (Å²) in [7, 11) is 0. The third kappa shape index (κ3) is 3.21. The minimum Gasteiger partial charge on any atom is -0.481 e. The molecule has 3 rings (SSSR count). The molecule has 2 aromatic rings. The fourth-order valence-electron chi connectivity index (χ4n) is 3.00. The lowest BCUT2D eigenvalue weighted by Gasteiger charge is -2.30. The van der Waals surface area contributed by atoms with E-state index in [1.54, 1.807) is 15.8 Å². The Morgan fingerprint density at radius 1 is 1.29 bits per heavy atom. The number of halogens is 1. The number of carboxylic acid groups (broad SMARTS) is 1. The Hall–Kier alpha value is -2.15. The zero-order valence-corrected chi connectivity index (χ0v) is 14.9. The molecule has 6 nitrogen and oxygen atoms in total. The Labute approximate surface area is 148 Å². The van der Waals surface area contributed by atoms with Gasteiger partial charge in [0.1, 0.15) is 0 Å². The summed E-state index contributed by atoms with van der Waals surface area (Å²) in [6.45, 7) is 2.70. The van der Waals surface area contributed by atoms with E-state index in [9.17, 15) is 14.7 Å². The van der Waals surface area contributed by atoms with E-state index in [2.05, 4.69) is 21.0 Å². The van der Waals surface area contributed by atoms with E-state index >= 15 is 0 Å². The molecule has 126 valence electrons. The molecule has 0 radical (unpaired) electrons. The maximum absolute atomic E-state index is 12.8. The largest absolute Gasteiger partial charge is 0.481 e. The number of carboxylic acids is 1. The maximum atomic E-state index is 12.8. The van der Waals surface area contributed by atoms with Crippen molar-refractivity contribution < 1.29 is 14.7 Å². The molecule has 2 heterocycles. The molecule has 1 saturated heterocycles. The van der Waals surface area contributed by atoms with Crippen LogP contribution in [0.5, 0.6) is 0 Å².